The van der Waals surface area contributed by atoms with Crippen LogP contribution in [0.25, 0.3) is 10.9 Å². The molecule has 0 aliphatic rings. The number of aryl methyl sites for hydroxylation is 2. The van der Waals surface area contributed by atoms with Crippen LogP contribution in [0.5, 0.6) is 0 Å². The van der Waals surface area contributed by atoms with E-state index in [2.05, 4.69) is 29.2 Å². The number of para-hydroxylation sites is 1. The van der Waals surface area contributed by atoms with E-state index in [1.54, 1.807) is 22.4 Å². The third-order valence-electron chi connectivity index (χ3n) is 4.36. The Labute approximate surface area is 168 Å². The van der Waals surface area contributed by atoms with Crippen LogP contribution in [0.2, 0.25) is 0 Å². The van der Waals surface area contributed by atoms with Gasteiger partial charge in [0, 0.05) is 19.7 Å². The maximum Gasteiger partial charge on any atom is 0.262 e. The number of carbonyl (C=O) groups is 1. The van der Waals surface area contributed by atoms with Crippen LogP contribution < -0.4 is 10.9 Å². The fraction of sp³-hybridized carbons (Fsp3) is 0.400. The Bertz CT molecular complexity index is 1050. The Hall–Kier alpha value is -2.61. The highest BCUT2D eigenvalue weighted by atomic mass is 32.2. The molecule has 3 rings (SSSR count). The average molecular weight is 400 g/mol. The van der Waals surface area contributed by atoms with Crippen LogP contribution in [0, 0.1) is 12.8 Å². The Morgan fingerprint density at radius 2 is 2.04 bits per heavy atom. The van der Waals surface area contributed by atoms with E-state index in [4.69, 9.17) is 0 Å². The number of anilines is 1. The summed E-state index contributed by atoms with van der Waals surface area (Å²) in [5.74, 6) is 1.11. The highest BCUT2D eigenvalue weighted by molar-refractivity contribution is 7.99. The van der Waals surface area contributed by atoms with Crippen LogP contribution in [0.4, 0.5) is 5.82 Å². The molecule has 0 spiro atoms. The molecule has 1 aromatic carbocycles. The maximum absolute atomic E-state index is 12.9. The van der Waals surface area contributed by atoms with Crippen LogP contribution in [0.15, 0.2) is 40.3 Å². The summed E-state index contributed by atoms with van der Waals surface area (Å²) in [6.07, 6.45) is 0.869. The molecule has 2 aromatic heterocycles. The number of hydrogen-bond acceptors (Lipinski definition) is 5. The predicted octanol–water partition coefficient (Wildman–Crippen LogP) is 3.22. The number of amides is 1. The molecule has 3 aromatic rings. The number of nitrogens with zero attached hydrogens (tertiary/aromatic N) is 4. The van der Waals surface area contributed by atoms with Crippen LogP contribution in [-0.4, -0.2) is 31.0 Å². The quantitative estimate of drug-likeness (QED) is 0.487. The largest absolute Gasteiger partial charge is 0.310 e. The molecule has 0 atom stereocenters. The Morgan fingerprint density at radius 3 is 2.71 bits per heavy atom. The van der Waals surface area contributed by atoms with Gasteiger partial charge >= 0.3 is 0 Å². The lowest BCUT2D eigenvalue weighted by atomic mass is 10.1. The smallest absolute Gasteiger partial charge is 0.262 e. The van der Waals surface area contributed by atoms with Crippen LogP contribution in [0.1, 0.15) is 26.0 Å². The van der Waals surface area contributed by atoms with Crippen LogP contribution in [0.3, 0.4) is 0 Å². The van der Waals surface area contributed by atoms with Gasteiger partial charge in [0.05, 0.1) is 22.3 Å². The van der Waals surface area contributed by atoms with Gasteiger partial charge in [-0.25, -0.2) is 4.98 Å². The minimum atomic E-state index is -0.161. The molecule has 1 amide bonds. The van der Waals surface area contributed by atoms with E-state index in [9.17, 15) is 9.59 Å². The van der Waals surface area contributed by atoms with E-state index in [-0.39, 0.29) is 17.2 Å². The van der Waals surface area contributed by atoms with Crippen molar-refractivity contribution in [3.8, 4) is 0 Å². The van der Waals surface area contributed by atoms with Crippen molar-refractivity contribution < 1.29 is 4.79 Å². The van der Waals surface area contributed by atoms with Crippen molar-refractivity contribution in [3.05, 3.63) is 46.4 Å². The SMILES string of the molecule is Cc1cc(NC(=O)CSc2nc3ccccc3c(=O)n2CCC(C)C)n(C)n1. The van der Waals surface area contributed by atoms with Crippen molar-refractivity contribution in [2.45, 2.75) is 38.9 Å². The van der Waals surface area contributed by atoms with Crippen molar-refractivity contribution >= 4 is 34.4 Å². The number of hydrogen-bond donors (Lipinski definition) is 1. The number of benzene rings is 1. The molecule has 0 aliphatic carbocycles. The number of carbonyl (C=O) groups excluding carboxylic acids is 1. The van der Waals surface area contributed by atoms with Gasteiger partial charge in [0.15, 0.2) is 5.16 Å². The average Bonchev–Trinajstić information content (AvgIpc) is 2.96. The molecule has 0 fully saturated rings. The van der Waals surface area contributed by atoms with Gasteiger partial charge < -0.3 is 5.32 Å². The second-order valence-electron chi connectivity index (χ2n) is 7.18. The second-order valence-corrected chi connectivity index (χ2v) is 8.12. The lowest BCUT2D eigenvalue weighted by Gasteiger charge is -2.14. The monoisotopic (exact) mass is 399 g/mol. The summed E-state index contributed by atoms with van der Waals surface area (Å²) in [5.41, 5.74) is 1.43. The molecule has 0 aliphatic heterocycles. The number of rotatable bonds is 7. The first-order chi connectivity index (χ1) is 13.3. The van der Waals surface area contributed by atoms with Crippen molar-refractivity contribution in [2.24, 2.45) is 13.0 Å². The highest BCUT2D eigenvalue weighted by Crippen LogP contribution is 2.19. The van der Waals surface area contributed by atoms with E-state index in [0.717, 1.165) is 12.1 Å². The summed E-state index contributed by atoms with van der Waals surface area (Å²) in [6.45, 7) is 6.70. The summed E-state index contributed by atoms with van der Waals surface area (Å²) < 4.78 is 3.32. The summed E-state index contributed by atoms with van der Waals surface area (Å²) in [6, 6.07) is 9.14. The minimum absolute atomic E-state index is 0.0589. The lowest BCUT2D eigenvalue weighted by Crippen LogP contribution is -2.25. The Kier molecular flexibility index (Phi) is 6.18. The molecule has 28 heavy (non-hydrogen) atoms. The first-order valence-corrected chi connectivity index (χ1v) is 10.3. The Balaban J connectivity index is 1.82. The van der Waals surface area contributed by atoms with Crippen molar-refractivity contribution in [2.75, 3.05) is 11.1 Å². The summed E-state index contributed by atoms with van der Waals surface area (Å²) >= 11 is 1.28. The predicted molar refractivity (Wildman–Crippen MR) is 113 cm³/mol. The standard InChI is InChI=1S/C20H25N5O2S/c1-13(2)9-10-25-19(27)15-7-5-6-8-16(15)21-20(25)28-12-18(26)22-17-11-14(3)23-24(17)4/h5-8,11,13H,9-10,12H2,1-4H3,(H,22,26). The first-order valence-electron chi connectivity index (χ1n) is 9.28. The molecule has 0 radical (unpaired) electrons. The van der Waals surface area contributed by atoms with E-state index < -0.39 is 0 Å². The second kappa shape index (κ2) is 8.60. The number of nitrogens with one attached hydrogen (secondary N) is 1. The van der Waals surface area contributed by atoms with Gasteiger partial charge in [-0.1, -0.05) is 37.7 Å². The van der Waals surface area contributed by atoms with Gasteiger partial charge in [0.2, 0.25) is 5.91 Å². The van der Waals surface area contributed by atoms with Crippen molar-refractivity contribution in [1.82, 2.24) is 19.3 Å². The fourth-order valence-corrected chi connectivity index (χ4v) is 3.70. The van der Waals surface area contributed by atoms with Gasteiger partial charge in [-0.15, -0.1) is 0 Å². The van der Waals surface area contributed by atoms with Gasteiger partial charge in [-0.2, -0.15) is 5.10 Å². The summed E-state index contributed by atoms with van der Waals surface area (Å²) in [7, 11) is 1.78. The van der Waals surface area contributed by atoms with E-state index in [1.807, 2.05) is 31.2 Å². The third kappa shape index (κ3) is 4.62. The Morgan fingerprint density at radius 1 is 1.29 bits per heavy atom. The molecule has 0 bridgehead atoms. The normalized spacial score (nSPS) is 11.3. The zero-order valence-electron chi connectivity index (χ0n) is 16.6. The number of aromatic nitrogens is 4. The van der Waals surface area contributed by atoms with E-state index >= 15 is 0 Å². The van der Waals surface area contributed by atoms with Gasteiger partial charge in [0.1, 0.15) is 5.82 Å². The van der Waals surface area contributed by atoms with Gasteiger partial charge in [-0.05, 0) is 31.4 Å². The third-order valence-corrected chi connectivity index (χ3v) is 5.33. The number of fused-ring (bicyclic) bond motifs is 1. The van der Waals surface area contributed by atoms with Crippen LogP contribution in [-0.2, 0) is 18.4 Å². The molecule has 0 unspecified atom stereocenters. The fourth-order valence-electron chi connectivity index (χ4n) is 2.88. The van der Waals surface area contributed by atoms with E-state index in [0.29, 0.717) is 34.3 Å². The zero-order chi connectivity index (χ0) is 20.3. The molecule has 8 heteroatoms. The molecule has 1 N–H and O–H groups in total. The molecule has 7 nitrogen and oxygen atoms in total. The van der Waals surface area contributed by atoms with E-state index in [1.165, 1.54) is 11.8 Å². The van der Waals surface area contributed by atoms with Gasteiger partial charge in [0.25, 0.3) is 5.56 Å². The topological polar surface area (TPSA) is 81.8 Å². The number of thioether (sulfide) groups is 1. The van der Waals surface area contributed by atoms with Crippen molar-refractivity contribution in [1.29, 1.82) is 0 Å². The minimum Gasteiger partial charge on any atom is -0.310 e. The maximum atomic E-state index is 12.9. The van der Waals surface area contributed by atoms with Crippen LogP contribution >= 0.6 is 11.8 Å². The highest BCUT2D eigenvalue weighted by Gasteiger charge is 2.14. The molecule has 0 saturated heterocycles. The van der Waals surface area contributed by atoms with Crippen molar-refractivity contribution in [3.63, 3.8) is 0 Å². The summed E-state index contributed by atoms with van der Waals surface area (Å²) in [5, 5.41) is 8.24. The molecule has 2 heterocycles. The summed E-state index contributed by atoms with van der Waals surface area (Å²) in [4.78, 5) is 30.0. The molecular weight excluding hydrogens is 374 g/mol. The van der Waals surface area contributed by atoms with Gasteiger partial charge in [-0.3, -0.25) is 18.8 Å². The zero-order valence-corrected chi connectivity index (χ0v) is 17.4. The first kappa shape index (κ1) is 20.1. The molecule has 0 saturated carbocycles. The molecular formula is C20H25N5O2S. The lowest BCUT2D eigenvalue weighted by molar-refractivity contribution is -0.113. The molecule has 148 valence electrons.